The quantitative estimate of drug-likeness (QED) is 0.660. The molecule has 1 atom stereocenters. The highest BCUT2D eigenvalue weighted by atomic mass is 16.4. The summed E-state index contributed by atoms with van der Waals surface area (Å²) in [5.74, 6) is -0.403. The third-order valence-corrected chi connectivity index (χ3v) is 5.69. The van der Waals surface area contributed by atoms with E-state index < -0.39 is 5.97 Å². The van der Waals surface area contributed by atoms with E-state index in [1.165, 1.54) is 29.7 Å². The van der Waals surface area contributed by atoms with Crippen LogP contribution in [0.25, 0.3) is 11.1 Å². The van der Waals surface area contributed by atoms with Gasteiger partial charge in [0.05, 0.1) is 5.56 Å². The summed E-state index contributed by atoms with van der Waals surface area (Å²) in [5, 5.41) is 9.42. The molecule has 2 aromatic carbocycles. The van der Waals surface area contributed by atoms with E-state index in [9.17, 15) is 9.90 Å². The second kappa shape index (κ2) is 8.58. The number of nitrogens with zero attached hydrogens (tertiary/aromatic N) is 2. The molecule has 1 N–H and O–H groups in total. The third kappa shape index (κ3) is 4.54. The number of hydrogen-bond donors (Lipinski definition) is 1. The van der Waals surface area contributed by atoms with Gasteiger partial charge in [-0.05, 0) is 60.7 Å². The van der Waals surface area contributed by atoms with Crippen LogP contribution in [0, 0.1) is 6.92 Å². The number of hydrogen-bond acceptors (Lipinski definition) is 3. The molecule has 1 aromatic heterocycles. The van der Waals surface area contributed by atoms with Crippen LogP contribution >= 0.6 is 0 Å². The molecule has 0 saturated carbocycles. The highest BCUT2D eigenvalue weighted by Gasteiger charge is 2.22. The minimum atomic E-state index is -0.895. The van der Waals surface area contributed by atoms with Gasteiger partial charge in [0.15, 0.2) is 0 Å². The summed E-state index contributed by atoms with van der Waals surface area (Å²) in [6.07, 6.45) is 4.34. The molecule has 29 heavy (non-hydrogen) atoms. The summed E-state index contributed by atoms with van der Waals surface area (Å²) >= 11 is 0. The van der Waals surface area contributed by atoms with Crippen LogP contribution in [-0.2, 0) is 6.54 Å². The molecule has 4 rings (SSSR count). The van der Waals surface area contributed by atoms with E-state index in [1.807, 2.05) is 30.5 Å². The number of carboxylic acid groups (broad SMARTS) is 1. The Hall–Kier alpha value is -2.98. The molecule has 0 amide bonds. The van der Waals surface area contributed by atoms with Crippen LogP contribution in [0.15, 0.2) is 66.9 Å². The largest absolute Gasteiger partial charge is 0.478 e. The molecule has 3 aromatic rings. The molecule has 0 bridgehead atoms. The summed E-state index contributed by atoms with van der Waals surface area (Å²) < 4.78 is 0. The Morgan fingerprint density at radius 1 is 1.10 bits per heavy atom. The van der Waals surface area contributed by atoms with E-state index in [2.05, 4.69) is 41.1 Å². The number of aryl methyl sites for hydroxylation is 1. The molecular weight excluding hydrogens is 360 g/mol. The predicted molar refractivity (Wildman–Crippen MR) is 115 cm³/mol. The molecule has 0 radical (unpaired) electrons. The predicted octanol–water partition coefficient (Wildman–Crippen LogP) is 5.13. The maximum Gasteiger partial charge on any atom is 0.336 e. The Bertz CT molecular complexity index is 980. The average Bonchev–Trinajstić information content (AvgIpc) is 2.75. The number of pyridine rings is 1. The van der Waals surface area contributed by atoms with Gasteiger partial charge in [0.1, 0.15) is 0 Å². The number of aromatic nitrogens is 1. The van der Waals surface area contributed by atoms with Gasteiger partial charge in [-0.1, -0.05) is 48.5 Å². The van der Waals surface area contributed by atoms with E-state index in [0.29, 0.717) is 11.5 Å². The van der Waals surface area contributed by atoms with Crippen LogP contribution in [0.2, 0.25) is 0 Å². The minimum Gasteiger partial charge on any atom is -0.478 e. The van der Waals surface area contributed by atoms with Gasteiger partial charge in [-0.2, -0.15) is 0 Å². The SMILES string of the molecule is Cc1ccc([C@@H]2CCCN(Cc3ccc(-c4ccccc4C(=O)O)cc3)C2)nc1. The molecule has 1 aliphatic heterocycles. The first-order valence-electron chi connectivity index (χ1n) is 10.2. The van der Waals surface area contributed by atoms with Gasteiger partial charge in [-0.3, -0.25) is 9.88 Å². The zero-order chi connectivity index (χ0) is 20.2. The van der Waals surface area contributed by atoms with Gasteiger partial charge in [0.25, 0.3) is 0 Å². The number of rotatable bonds is 5. The first-order chi connectivity index (χ1) is 14.1. The smallest absolute Gasteiger partial charge is 0.336 e. The van der Waals surface area contributed by atoms with Crippen LogP contribution in [-0.4, -0.2) is 34.0 Å². The number of benzene rings is 2. The number of carboxylic acids is 1. The van der Waals surface area contributed by atoms with Crippen molar-refractivity contribution in [2.75, 3.05) is 13.1 Å². The summed E-state index contributed by atoms with van der Waals surface area (Å²) in [7, 11) is 0. The van der Waals surface area contributed by atoms with Gasteiger partial charge in [-0.15, -0.1) is 0 Å². The van der Waals surface area contributed by atoms with E-state index in [-0.39, 0.29) is 0 Å². The number of piperidine rings is 1. The fraction of sp³-hybridized carbons (Fsp3) is 0.280. The highest BCUT2D eigenvalue weighted by molar-refractivity contribution is 5.95. The van der Waals surface area contributed by atoms with Crippen molar-refractivity contribution in [3.63, 3.8) is 0 Å². The topological polar surface area (TPSA) is 53.4 Å². The maximum atomic E-state index is 11.5. The Kier molecular flexibility index (Phi) is 5.72. The molecule has 4 heteroatoms. The molecule has 2 heterocycles. The van der Waals surface area contributed by atoms with Crippen LogP contribution in [0.5, 0.6) is 0 Å². The van der Waals surface area contributed by atoms with E-state index in [4.69, 9.17) is 0 Å². The van der Waals surface area contributed by atoms with Crippen LogP contribution in [0.4, 0.5) is 0 Å². The summed E-state index contributed by atoms with van der Waals surface area (Å²) in [4.78, 5) is 18.6. The molecule has 1 saturated heterocycles. The molecular formula is C25H26N2O2. The zero-order valence-corrected chi connectivity index (χ0v) is 16.7. The Balaban J connectivity index is 1.45. The van der Waals surface area contributed by atoms with Crippen LogP contribution in [0.1, 0.15) is 45.9 Å². The van der Waals surface area contributed by atoms with E-state index in [1.54, 1.807) is 12.1 Å². The number of aromatic carboxylic acids is 1. The minimum absolute atomic E-state index is 0.338. The van der Waals surface area contributed by atoms with Crippen molar-refractivity contribution in [1.82, 2.24) is 9.88 Å². The lowest BCUT2D eigenvalue weighted by molar-refractivity contribution is 0.0697. The van der Waals surface area contributed by atoms with Crippen molar-refractivity contribution in [3.05, 3.63) is 89.2 Å². The molecule has 4 nitrogen and oxygen atoms in total. The summed E-state index contributed by atoms with van der Waals surface area (Å²) in [6, 6.07) is 19.7. The number of carbonyl (C=O) groups is 1. The molecule has 0 unspecified atom stereocenters. The van der Waals surface area contributed by atoms with Crippen molar-refractivity contribution in [1.29, 1.82) is 0 Å². The second-order valence-corrected chi connectivity index (χ2v) is 7.88. The van der Waals surface area contributed by atoms with Gasteiger partial charge in [-0.25, -0.2) is 4.79 Å². The van der Waals surface area contributed by atoms with Crippen molar-refractivity contribution in [2.24, 2.45) is 0 Å². The third-order valence-electron chi connectivity index (χ3n) is 5.69. The Morgan fingerprint density at radius 2 is 1.90 bits per heavy atom. The lowest BCUT2D eigenvalue weighted by atomic mass is 9.93. The van der Waals surface area contributed by atoms with Crippen LogP contribution < -0.4 is 0 Å². The van der Waals surface area contributed by atoms with Crippen molar-refractivity contribution < 1.29 is 9.90 Å². The van der Waals surface area contributed by atoms with Crippen molar-refractivity contribution >= 4 is 5.97 Å². The van der Waals surface area contributed by atoms with Gasteiger partial charge < -0.3 is 5.11 Å². The van der Waals surface area contributed by atoms with E-state index in [0.717, 1.165) is 30.8 Å². The lowest BCUT2D eigenvalue weighted by Gasteiger charge is -2.32. The standard InChI is InChI=1S/C25H26N2O2/c1-18-8-13-24(26-15-18)21-5-4-14-27(17-21)16-19-9-11-20(12-10-19)22-6-2-3-7-23(22)25(28)29/h2-3,6-13,15,21H,4-5,14,16-17H2,1H3,(H,28,29)/t21-/m1/s1. The fourth-order valence-electron chi connectivity index (χ4n) is 4.13. The van der Waals surface area contributed by atoms with Crippen molar-refractivity contribution in [2.45, 2.75) is 32.2 Å². The maximum absolute atomic E-state index is 11.5. The van der Waals surface area contributed by atoms with Gasteiger partial charge in [0, 0.05) is 30.9 Å². The highest BCUT2D eigenvalue weighted by Crippen LogP contribution is 2.28. The first-order valence-corrected chi connectivity index (χ1v) is 10.2. The number of likely N-dealkylation sites (tertiary alicyclic amines) is 1. The molecule has 0 spiro atoms. The Labute approximate surface area is 171 Å². The monoisotopic (exact) mass is 386 g/mol. The normalized spacial score (nSPS) is 17.2. The Morgan fingerprint density at radius 3 is 2.62 bits per heavy atom. The van der Waals surface area contributed by atoms with Crippen LogP contribution in [0.3, 0.4) is 0 Å². The summed E-state index contributed by atoms with van der Waals surface area (Å²) in [5.41, 5.74) is 5.68. The van der Waals surface area contributed by atoms with Crippen molar-refractivity contribution in [3.8, 4) is 11.1 Å². The fourth-order valence-corrected chi connectivity index (χ4v) is 4.13. The summed E-state index contributed by atoms with van der Waals surface area (Å²) in [6.45, 7) is 5.11. The molecule has 0 aliphatic carbocycles. The zero-order valence-electron chi connectivity index (χ0n) is 16.7. The van der Waals surface area contributed by atoms with E-state index >= 15 is 0 Å². The second-order valence-electron chi connectivity index (χ2n) is 7.88. The van der Waals surface area contributed by atoms with Gasteiger partial charge in [0.2, 0.25) is 0 Å². The molecule has 1 fully saturated rings. The first kappa shape index (κ1) is 19.3. The lowest BCUT2D eigenvalue weighted by Crippen LogP contribution is -2.34. The van der Waals surface area contributed by atoms with Gasteiger partial charge >= 0.3 is 5.97 Å². The molecule has 148 valence electrons. The average molecular weight is 386 g/mol. The molecule has 1 aliphatic rings.